The van der Waals surface area contributed by atoms with Gasteiger partial charge >= 0.3 is 5.97 Å². The molecule has 3 rings (SSSR count). The number of hydrogen-bond acceptors (Lipinski definition) is 5. The number of carbonyl (C=O) groups is 1. The number of benzene rings is 1. The molecule has 2 saturated heterocycles. The van der Waals surface area contributed by atoms with Gasteiger partial charge in [0.25, 0.3) is 0 Å². The summed E-state index contributed by atoms with van der Waals surface area (Å²) in [6, 6.07) is 7.92. The lowest BCUT2D eigenvalue weighted by molar-refractivity contribution is -0.167. The molecule has 3 atom stereocenters. The van der Waals surface area contributed by atoms with Crippen molar-refractivity contribution in [1.82, 2.24) is 4.90 Å². The molecule has 0 spiro atoms. The van der Waals surface area contributed by atoms with Crippen molar-refractivity contribution in [2.75, 3.05) is 13.7 Å². The largest absolute Gasteiger partial charge is 0.467 e. The maximum atomic E-state index is 12.1. The summed E-state index contributed by atoms with van der Waals surface area (Å²) >= 11 is 11.9. The molecule has 2 aliphatic rings. The Balaban J connectivity index is 1.84. The monoisotopic (exact) mass is 383 g/mol. The summed E-state index contributed by atoms with van der Waals surface area (Å²) in [6.45, 7) is 4.35. The summed E-state index contributed by atoms with van der Waals surface area (Å²) in [7, 11) is 1.34. The number of ether oxygens (including phenoxy) is 3. The van der Waals surface area contributed by atoms with E-state index in [-0.39, 0.29) is 6.04 Å². The number of hydrogen-bond donors (Lipinski definition) is 0. The fraction of sp³-hybridized carbons (Fsp3) is 0.556. The van der Waals surface area contributed by atoms with Crippen LogP contribution >= 0.6 is 23.8 Å². The second kappa shape index (κ2) is 7.19. The van der Waals surface area contributed by atoms with E-state index in [9.17, 15) is 4.79 Å². The average Bonchev–Trinajstić information content (AvgIpc) is 3.17. The number of rotatable bonds is 3. The maximum Gasteiger partial charge on any atom is 0.338 e. The van der Waals surface area contributed by atoms with E-state index in [1.165, 1.54) is 7.11 Å². The van der Waals surface area contributed by atoms with E-state index in [2.05, 4.69) is 4.90 Å². The van der Waals surface area contributed by atoms with Crippen LogP contribution in [-0.2, 0) is 19.0 Å². The molecule has 0 bridgehead atoms. The van der Waals surface area contributed by atoms with Crippen LogP contribution in [0, 0.1) is 0 Å². The van der Waals surface area contributed by atoms with Gasteiger partial charge in [0.15, 0.2) is 11.9 Å². The predicted octanol–water partition coefficient (Wildman–Crippen LogP) is 3.50. The fourth-order valence-corrected chi connectivity index (χ4v) is 4.07. The van der Waals surface area contributed by atoms with Crippen LogP contribution in [0.4, 0.5) is 0 Å². The minimum atomic E-state index is -0.890. The average molecular weight is 384 g/mol. The maximum absolute atomic E-state index is 12.1. The molecule has 2 heterocycles. The lowest BCUT2D eigenvalue weighted by Crippen LogP contribution is -2.45. The fourth-order valence-electron chi connectivity index (χ4n) is 3.49. The van der Waals surface area contributed by atoms with E-state index in [1.54, 1.807) is 13.8 Å². The second-order valence-electron chi connectivity index (χ2n) is 6.74. The minimum Gasteiger partial charge on any atom is -0.467 e. The van der Waals surface area contributed by atoms with Crippen LogP contribution in [0.15, 0.2) is 24.3 Å². The van der Waals surface area contributed by atoms with Crippen molar-refractivity contribution in [3.05, 3.63) is 34.9 Å². The molecule has 1 unspecified atom stereocenters. The molecule has 1 aromatic carbocycles. The SMILES string of the molecule is COC(=O)[C@@H]1OC(C)(C)O[C@H]1C(=S)N1CCCC1c1cccc(Cl)c1. The smallest absolute Gasteiger partial charge is 0.338 e. The molecule has 2 fully saturated rings. The molecule has 0 saturated carbocycles. The Kier molecular flexibility index (Phi) is 5.34. The zero-order valence-corrected chi connectivity index (χ0v) is 16.1. The first-order chi connectivity index (χ1) is 11.8. The highest BCUT2D eigenvalue weighted by Crippen LogP contribution is 2.37. The van der Waals surface area contributed by atoms with Crippen molar-refractivity contribution in [2.24, 2.45) is 0 Å². The van der Waals surface area contributed by atoms with Gasteiger partial charge in [0, 0.05) is 11.6 Å². The van der Waals surface area contributed by atoms with Crippen LogP contribution in [0.25, 0.3) is 0 Å². The number of halogens is 1. The Morgan fingerprint density at radius 1 is 1.36 bits per heavy atom. The molecule has 7 heteroatoms. The molecule has 136 valence electrons. The third-order valence-corrected chi connectivity index (χ3v) is 5.24. The summed E-state index contributed by atoms with van der Waals surface area (Å²) < 4.78 is 16.5. The highest BCUT2D eigenvalue weighted by molar-refractivity contribution is 7.80. The van der Waals surface area contributed by atoms with Gasteiger partial charge in [-0.1, -0.05) is 36.0 Å². The Bertz CT molecular complexity index is 681. The number of likely N-dealkylation sites (tertiary alicyclic amines) is 1. The first-order valence-electron chi connectivity index (χ1n) is 8.32. The van der Waals surface area contributed by atoms with Crippen LogP contribution in [0.3, 0.4) is 0 Å². The van der Waals surface area contributed by atoms with E-state index < -0.39 is 24.0 Å². The van der Waals surface area contributed by atoms with Gasteiger partial charge in [-0.15, -0.1) is 0 Å². The molecule has 25 heavy (non-hydrogen) atoms. The molecule has 0 aliphatic carbocycles. The minimum absolute atomic E-state index is 0.122. The normalized spacial score (nSPS) is 28.2. The lowest BCUT2D eigenvalue weighted by atomic mass is 10.0. The van der Waals surface area contributed by atoms with Crippen LogP contribution in [0.5, 0.6) is 0 Å². The van der Waals surface area contributed by atoms with Crippen LogP contribution in [0.2, 0.25) is 5.02 Å². The van der Waals surface area contributed by atoms with Gasteiger partial charge in [-0.25, -0.2) is 4.79 Å². The van der Waals surface area contributed by atoms with Crippen molar-refractivity contribution >= 4 is 34.8 Å². The van der Waals surface area contributed by atoms with Crippen LogP contribution in [0.1, 0.15) is 38.3 Å². The van der Waals surface area contributed by atoms with Crippen molar-refractivity contribution < 1.29 is 19.0 Å². The van der Waals surface area contributed by atoms with Crippen molar-refractivity contribution in [1.29, 1.82) is 0 Å². The highest BCUT2D eigenvalue weighted by Gasteiger charge is 2.50. The summed E-state index contributed by atoms with van der Waals surface area (Å²) in [4.78, 5) is 14.8. The summed E-state index contributed by atoms with van der Waals surface area (Å²) in [5.74, 6) is -1.37. The summed E-state index contributed by atoms with van der Waals surface area (Å²) in [6.07, 6.45) is 0.489. The van der Waals surface area contributed by atoms with E-state index in [0.717, 1.165) is 24.9 Å². The van der Waals surface area contributed by atoms with Gasteiger partial charge in [-0.2, -0.15) is 0 Å². The van der Waals surface area contributed by atoms with Crippen LogP contribution in [-0.4, -0.2) is 47.5 Å². The number of carbonyl (C=O) groups excluding carboxylic acids is 1. The number of esters is 1. The van der Waals surface area contributed by atoms with Gasteiger partial charge in [-0.3, -0.25) is 0 Å². The standard InChI is InChI=1S/C18H22ClNO4S/c1-18(2)23-14(15(24-18)17(21)22-3)16(25)20-9-5-8-13(20)11-6-4-7-12(19)10-11/h4,6-7,10,13-15H,5,8-9H2,1-3H3/t13?,14-,15-/m1/s1. The second-order valence-corrected chi connectivity index (χ2v) is 7.60. The molecule has 5 nitrogen and oxygen atoms in total. The zero-order chi connectivity index (χ0) is 18.2. The Hall–Kier alpha value is -1.21. The van der Waals surface area contributed by atoms with E-state index >= 15 is 0 Å². The van der Waals surface area contributed by atoms with E-state index in [1.807, 2.05) is 24.3 Å². The summed E-state index contributed by atoms with van der Waals surface area (Å²) in [5, 5.41) is 0.698. The molecule has 0 aromatic heterocycles. The quantitative estimate of drug-likeness (QED) is 0.588. The van der Waals surface area contributed by atoms with Gasteiger partial charge in [0.1, 0.15) is 11.1 Å². The molecule has 0 radical (unpaired) electrons. The number of nitrogens with zero attached hydrogens (tertiary/aromatic N) is 1. The number of thiocarbonyl (C=S) groups is 1. The van der Waals surface area contributed by atoms with E-state index in [0.29, 0.717) is 10.0 Å². The van der Waals surface area contributed by atoms with Crippen molar-refractivity contribution in [2.45, 2.75) is 50.7 Å². The predicted molar refractivity (Wildman–Crippen MR) is 98.6 cm³/mol. The number of methoxy groups -OCH3 is 1. The van der Waals surface area contributed by atoms with Gasteiger partial charge in [0.05, 0.1) is 13.2 Å². The zero-order valence-electron chi connectivity index (χ0n) is 14.5. The third-order valence-electron chi connectivity index (χ3n) is 4.54. The van der Waals surface area contributed by atoms with Gasteiger partial charge in [-0.05, 0) is 44.4 Å². The first-order valence-corrected chi connectivity index (χ1v) is 9.10. The summed E-state index contributed by atoms with van der Waals surface area (Å²) in [5.41, 5.74) is 1.11. The molecule has 1 aromatic rings. The topological polar surface area (TPSA) is 48.0 Å². The molecule has 2 aliphatic heterocycles. The Morgan fingerprint density at radius 3 is 2.76 bits per heavy atom. The van der Waals surface area contributed by atoms with E-state index in [4.69, 9.17) is 38.0 Å². The molecular weight excluding hydrogens is 362 g/mol. The van der Waals surface area contributed by atoms with Gasteiger partial charge < -0.3 is 19.1 Å². The van der Waals surface area contributed by atoms with Crippen molar-refractivity contribution in [3.63, 3.8) is 0 Å². The van der Waals surface area contributed by atoms with Gasteiger partial charge in [0.2, 0.25) is 0 Å². The van der Waals surface area contributed by atoms with Crippen LogP contribution < -0.4 is 0 Å². The Morgan fingerprint density at radius 2 is 2.08 bits per heavy atom. The lowest BCUT2D eigenvalue weighted by Gasteiger charge is -2.31. The first kappa shape index (κ1) is 18.6. The molecule has 0 amide bonds. The molecular formula is C18H22ClNO4S. The Labute approximate surface area is 158 Å². The van der Waals surface area contributed by atoms with Crippen molar-refractivity contribution in [3.8, 4) is 0 Å². The highest BCUT2D eigenvalue weighted by atomic mass is 35.5. The third kappa shape index (κ3) is 3.82. The molecule has 0 N–H and O–H groups in total.